The number of carbonyl (C=O) groups excluding carboxylic acids is 1. The maximum Gasteiger partial charge on any atom is 0.310 e. The minimum atomic E-state index is -3.62. The lowest BCUT2D eigenvalue weighted by Gasteiger charge is -2.57. The molecule has 1 saturated heterocycles. The van der Waals surface area contributed by atoms with E-state index in [-0.39, 0.29) is 11.2 Å². The Balaban J connectivity index is 1.12. The Hall–Kier alpha value is -1.60. The Morgan fingerprint density at radius 3 is 2.07 bits per heavy atom. The molecule has 0 atom stereocenters. The molecule has 1 aromatic carbocycles. The fourth-order valence-electron chi connectivity index (χ4n) is 6.79. The molecule has 1 amide bonds. The summed E-state index contributed by atoms with van der Waals surface area (Å²) in [5.41, 5.74) is -0.0796. The fourth-order valence-corrected chi connectivity index (χ4v) is 7.76. The number of hydrogen-bond donors (Lipinski definition) is 0. The molecular weight excluding hydrogens is 400 g/mol. The number of benzene rings is 1. The van der Waals surface area contributed by atoms with Gasteiger partial charge in [-0.05, 0) is 68.4 Å². The van der Waals surface area contributed by atoms with Gasteiger partial charge >= 0.3 is 10.1 Å². The number of rotatable bonds is 6. The van der Waals surface area contributed by atoms with Gasteiger partial charge in [-0.1, -0.05) is 18.2 Å². The van der Waals surface area contributed by atoms with Crippen molar-refractivity contribution in [2.24, 2.45) is 23.2 Å². The first-order valence-electron chi connectivity index (χ1n) is 11.4. The van der Waals surface area contributed by atoms with E-state index in [1.807, 2.05) is 6.07 Å². The van der Waals surface area contributed by atoms with Gasteiger partial charge in [-0.3, -0.25) is 9.69 Å². The molecule has 0 aromatic heterocycles. The van der Waals surface area contributed by atoms with Gasteiger partial charge in [0.15, 0.2) is 0 Å². The quantitative estimate of drug-likeness (QED) is 0.647. The van der Waals surface area contributed by atoms with Crippen LogP contribution in [0.1, 0.15) is 38.5 Å². The number of para-hydroxylation sites is 1. The second-order valence-corrected chi connectivity index (χ2v) is 11.7. The van der Waals surface area contributed by atoms with E-state index in [1.54, 1.807) is 24.3 Å². The van der Waals surface area contributed by atoms with Crippen molar-refractivity contribution in [3.8, 4) is 5.75 Å². The first-order valence-corrected chi connectivity index (χ1v) is 13.0. The molecule has 4 bridgehead atoms. The van der Waals surface area contributed by atoms with Crippen molar-refractivity contribution in [2.45, 2.75) is 38.5 Å². The Labute approximate surface area is 179 Å². The van der Waals surface area contributed by atoms with E-state index in [9.17, 15) is 13.2 Å². The van der Waals surface area contributed by atoms with Gasteiger partial charge in [0.25, 0.3) is 0 Å². The van der Waals surface area contributed by atoms with Gasteiger partial charge in [-0.15, -0.1) is 0 Å². The van der Waals surface area contributed by atoms with Crippen LogP contribution in [0.4, 0.5) is 0 Å². The third-order valence-corrected chi connectivity index (χ3v) is 8.90. The minimum absolute atomic E-state index is 0.0369. The second kappa shape index (κ2) is 7.83. The molecule has 164 valence electrons. The summed E-state index contributed by atoms with van der Waals surface area (Å²) in [5, 5.41) is 0. The summed E-state index contributed by atoms with van der Waals surface area (Å²) < 4.78 is 29.7. The lowest BCUT2D eigenvalue weighted by Crippen LogP contribution is -2.58. The van der Waals surface area contributed by atoms with Gasteiger partial charge in [0, 0.05) is 32.7 Å². The zero-order chi connectivity index (χ0) is 20.8. The maximum atomic E-state index is 13.5. The number of amides is 1. The molecule has 0 N–H and O–H groups in total. The van der Waals surface area contributed by atoms with Crippen molar-refractivity contribution in [2.75, 3.05) is 38.5 Å². The predicted octanol–water partition coefficient (Wildman–Crippen LogP) is 2.76. The molecule has 0 unspecified atom stereocenters. The SMILES string of the molecule is O=C(N1CCN(CCS(=O)(=O)Oc2ccccc2)CC1)C12CC3CC(CC(C3)C1)C2. The maximum absolute atomic E-state index is 13.5. The monoisotopic (exact) mass is 432 g/mol. The van der Waals surface area contributed by atoms with Crippen LogP contribution in [-0.4, -0.2) is 62.6 Å². The third-order valence-electron chi connectivity index (χ3n) is 7.78. The Morgan fingerprint density at radius 1 is 0.933 bits per heavy atom. The highest BCUT2D eigenvalue weighted by Gasteiger charge is 2.55. The van der Waals surface area contributed by atoms with Crippen LogP contribution in [-0.2, 0) is 14.9 Å². The molecule has 4 aliphatic carbocycles. The lowest BCUT2D eigenvalue weighted by molar-refractivity contribution is -0.159. The van der Waals surface area contributed by atoms with Crippen molar-refractivity contribution < 1.29 is 17.4 Å². The number of piperazine rings is 1. The van der Waals surface area contributed by atoms with E-state index in [0.717, 1.165) is 50.1 Å². The fraction of sp³-hybridized carbons (Fsp3) is 0.696. The van der Waals surface area contributed by atoms with Crippen LogP contribution in [0, 0.1) is 23.2 Å². The molecule has 0 radical (unpaired) electrons. The third kappa shape index (κ3) is 4.11. The average molecular weight is 433 g/mol. The summed E-state index contributed by atoms with van der Waals surface area (Å²) in [6.07, 6.45) is 7.35. The summed E-state index contributed by atoms with van der Waals surface area (Å²) in [6.45, 7) is 3.33. The zero-order valence-electron chi connectivity index (χ0n) is 17.5. The van der Waals surface area contributed by atoms with Crippen molar-refractivity contribution in [3.05, 3.63) is 30.3 Å². The molecule has 0 spiro atoms. The smallest absolute Gasteiger partial charge is 0.310 e. The van der Waals surface area contributed by atoms with Gasteiger partial charge < -0.3 is 9.08 Å². The molecular formula is C23H32N2O4S. The minimum Gasteiger partial charge on any atom is -0.382 e. The van der Waals surface area contributed by atoms with Crippen molar-refractivity contribution in [3.63, 3.8) is 0 Å². The highest BCUT2D eigenvalue weighted by molar-refractivity contribution is 7.87. The topological polar surface area (TPSA) is 66.9 Å². The van der Waals surface area contributed by atoms with E-state index in [2.05, 4.69) is 9.80 Å². The Bertz CT molecular complexity index is 842. The van der Waals surface area contributed by atoms with Gasteiger partial charge in [0.1, 0.15) is 5.75 Å². The summed E-state index contributed by atoms with van der Waals surface area (Å²) in [6, 6.07) is 8.62. The zero-order valence-corrected chi connectivity index (χ0v) is 18.4. The van der Waals surface area contributed by atoms with Crippen LogP contribution in [0.2, 0.25) is 0 Å². The number of hydrogen-bond acceptors (Lipinski definition) is 5. The van der Waals surface area contributed by atoms with Gasteiger partial charge in [0.05, 0.1) is 11.2 Å². The molecule has 6 rings (SSSR count). The van der Waals surface area contributed by atoms with Gasteiger partial charge in [-0.25, -0.2) is 0 Å². The molecule has 6 nitrogen and oxygen atoms in total. The first kappa shape index (κ1) is 20.3. The predicted molar refractivity (Wildman–Crippen MR) is 114 cm³/mol. The lowest BCUT2D eigenvalue weighted by atomic mass is 9.49. The molecule has 1 aromatic rings. The van der Waals surface area contributed by atoms with Crippen molar-refractivity contribution >= 4 is 16.0 Å². The van der Waals surface area contributed by atoms with E-state index in [1.165, 1.54) is 19.3 Å². The molecule has 5 fully saturated rings. The largest absolute Gasteiger partial charge is 0.382 e. The Morgan fingerprint density at radius 2 is 1.50 bits per heavy atom. The first-order chi connectivity index (χ1) is 14.4. The van der Waals surface area contributed by atoms with Crippen LogP contribution >= 0.6 is 0 Å². The summed E-state index contributed by atoms with van der Waals surface area (Å²) >= 11 is 0. The number of nitrogens with zero attached hydrogens (tertiary/aromatic N) is 2. The normalized spacial score (nSPS) is 33.6. The van der Waals surface area contributed by atoms with Crippen LogP contribution in [0.5, 0.6) is 5.75 Å². The van der Waals surface area contributed by atoms with Crippen LogP contribution < -0.4 is 4.18 Å². The Kier molecular flexibility index (Phi) is 5.30. The average Bonchev–Trinajstić information content (AvgIpc) is 2.72. The van der Waals surface area contributed by atoms with Crippen LogP contribution in [0.3, 0.4) is 0 Å². The van der Waals surface area contributed by atoms with Gasteiger partial charge in [0.2, 0.25) is 5.91 Å². The summed E-state index contributed by atoms with van der Waals surface area (Å²) in [4.78, 5) is 17.7. The standard InChI is InChI=1S/C23H32N2O4S/c26-22(23-15-18-12-19(16-23)14-20(13-18)17-23)25-8-6-24(7-9-25)10-11-30(27,28)29-21-4-2-1-3-5-21/h1-5,18-20H,6-17H2. The van der Waals surface area contributed by atoms with Crippen molar-refractivity contribution in [1.29, 1.82) is 0 Å². The van der Waals surface area contributed by atoms with E-state index in [4.69, 9.17) is 4.18 Å². The number of carbonyl (C=O) groups is 1. The summed E-state index contributed by atoms with van der Waals surface area (Å²) in [7, 11) is -3.62. The molecule has 30 heavy (non-hydrogen) atoms. The summed E-state index contributed by atoms with van der Waals surface area (Å²) in [5.74, 6) is 3.03. The van der Waals surface area contributed by atoms with Crippen LogP contribution in [0.15, 0.2) is 30.3 Å². The van der Waals surface area contributed by atoms with E-state index >= 15 is 0 Å². The van der Waals surface area contributed by atoms with Crippen LogP contribution in [0.25, 0.3) is 0 Å². The molecule has 1 heterocycles. The molecule has 7 heteroatoms. The molecule has 1 aliphatic heterocycles. The van der Waals surface area contributed by atoms with Gasteiger partial charge in [-0.2, -0.15) is 8.42 Å². The second-order valence-electron chi connectivity index (χ2n) is 9.99. The molecule has 5 aliphatic rings. The molecule has 4 saturated carbocycles. The van der Waals surface area contributed by atoms with E-state index in [0.29, 0.717) is 31.3 Å². The highest BCUT2D eigenvalue weighted by atomic mass is 32.2. The van der Waals surface area contributed by atoms with Crippen molar-refractivity contribution in [1.82, 2.24) is 9.80 Å². The van der Waals surface area contributed by atoms with E-state index < -0.39 is 10.1 Å². The highest BCUT2D eigenvalue weighted by Crippen LogP contribution is 2.60.